The van der Waals surface area contributed by atoms with Crippen LogP contribution >= 0.6 is 23.1 Å². The lowest BCUT2D eigenvalue weighted by atomic mass is 10.3. The molecule has 0 saturated heterocycles. The monoisotopic (exact) mass is 481 g/mol. The zero-order valence-corrected chi connectivity index (χ0v) is 20.0. The zero-order valence-electron chi connectivity index (χ0n) is 17.5. The SMILES string of the molecule is CSc1ccc2nc(N(CCN(C)C)C(=O)CCS(=O)(=O)c3ccc(F)cc3)sc2c1. The maximum absolute atomic E-state index is 13.1. The molecule has 0 aliphatic rings. The topological polar surface area (TPSA) is 70.6 Å². The molecule has 0 radical (unpaired) electrons. The fraction of sp³-hybridized carbons (Fsp3) is 0.333. The number of thioether (sulfide) groups is 1. The number of nitrogens with zero attached hydrogens (tertiary/aromatic N) is 3. The first kappa shape index (κ1) is 23.6. The first-order chi connectivity index (χ1) is 14.7. The second-order valence-electron chi connectivity index (χ2n) is 7.20. The van der Waals surface area contributed by atoms with E-state index in [1.807, 2.05) is 43.5 Å². The molecule has 0 aliphatic carbocycles. The van der Waals surface area contributed by atoms with E-state index >= 15 is 0 Å². The Morgan fingerprint density at radius 1 is 1.13 bits per heavy atom. The van der Waals surface area contributed by atoms with E-state index in [9.17, 15) is 17.6 Å². The van der Waals surface area contributed by atoms with Gasteiger partial charge >= 0.3 is 0 Å². The molecule has 10 heteroatoms. The predicted octanol–water partition coefficient (Wildman–Crippen LogP) is 3.92. The summed E-state index contributed by atoms with van der Waals surface area (Å²) in [5, 5.41) is 0.555. The van der Waals surface area contributed by atoms with E-state index in [-0.39, 0.29) is 23.0 Å². The maximum atomic E-state index is 13.1. The van der Waals surface area contributed by atoms with Gasteiger partial charge in [-0.3, -0.25) is 9.69 Å². The van der Waals surface area contributed by atoms with Crippen LogP contribution in [0.4, 0.5) is 9.52 Å². The van der Waals surface area contributed by atoms with Crippen LogP contribution in [0.1, 0.15) is 6.42 Å². The van der Waals surface area contributed by atoms with Crippen LogP contribution in [0.3, 0.4) is 0 Å². The number of benzene rings is 2. The fourth-order valence-electron chi connectivity index (χ4n) is 2.88. The van der Waals surface area contributed by atoms with Crippen LogP contribution in [0, 0.1) is 5.82 Å². The Balaban J connectivity index is 1.81. The number of anilines is 1. The van der Waals surface area contributed by atoms with Crippen molar-refractivity contribution < 1.29 is 17.6 Å². The lowest BCUT2D eigenvalue weighted by molar-refractivity contribution is -0.118. The average Bonchev–Trinajstić information content (AvgIpc) is 3.15. The molecule has 3 rings (SSSR count). The Labute approximate surface area is 190 Å². The minimum atomic E-state index is -3.70. The lowest BCUT2D eigenvalue weighted by Crippen LogP contribution is -2.37. The number of sulfone groups is 1. The molecule has 0 spiro atoms. The van der Waals surface area contributed by atoms with Crippen LogP contribution in [-0.2, 0) is 14.6 Å². The van der Waals surface area contributed by atoms with Crippen molar-refractivity contribution in [1.29, 1.82) is 0 Å². The van der Waals surface area contributed by atoms with E-state index in [1.165, 1.54) is 23.5 Å². The smallest absolute Gasteiger partial charge is 0.229 e. The second kappa shape index (κ2) is 10.1. The van der Waals surface area contributed by atoms with E-state index < -0.39 is 15.7 Å². The molecule has 0 N–H and O–H groups in total. The summed E-state index contributed by atoms with van der Waals surface area (Å²) in [6.45, 7) is 1.01. The highest BCUT2D eigenvalue weighted by Gasteiger charge is 2.23. The van der Waals surface area contributed by atoms with Gasteiger partial charge in [0.25, 0.3) is 0 Å². The third-order valence-electron chi connectivity index (χ3n) is 4.64. The van der Waals surface area contributed by atoms with Gasteiger partial charge in [-0.2, -0.15) is 0 Å². The molecule has 0 atom stereocenters. The number of amides is 1. The number of aromatic nitrogens is 1. The van der Waals surface area contributed by atoms with Gasteiger partial charge in [-0.25, -0.2) is 17.8 Å². The summed E-state index contributed by atoms with van der Waals surface area (Å²) in [6, 6.07) is 10.6. The molecule has 1 heterocycles. The standard InChI is InChI=1S/C21H24FN3O3S3/c1-24(2)11-12-25(21-23-18-9-6-16(29-3)14-19(18)30-21)20(26)10-13-31(27,28)17-7-4-15(22)5-8-17/h4-9,14H,10-13H2,1-3H3. The van der Waals surface area contributed by atoms with Gasteiger partial charge in [0, 0.05) is 24.4 Å². The molecule has 1 amide bonds. The van der Waals surface area contributed by atoms with Crippen LogP contribution in [0.5, 0.6) is 0 Å². The van der Waals surface area contributed by atoms with Gasteiger partial charge in [-0.15, -0.1) is 11.8 Å². The van der Waals surface area contributed by atoms with E-state index in [1.54, 1.807) is 16.7 Å². The van der Waals surface area contributed by atoms with Crippen LogP contribution in [0.25, 0.3) is 10.2 Å². The molecule has 0 bridgehead atoms. The van der Waals surface area contributed by atoms with Crippen molar-refractivity contribution in [3.05, 3.63) is 48.3 Å². The van der Waals surface area contributed by atoms with Gasteiger partial charge in [-0.05, 0) is 62.8 Å². The first-order valence-corrected chi connectivity index (χ1v) is 13.3. The van der Waals surface area contributed by atoms with Crippen LogP contribution in [0.2, 0.25) is 0 Å². The number of hydrogen-bond acceptors (Lipinski definition) is 7. The van der Waals surface area contributed by atoms with E-state index in [0.29, 0.717) is 18.2 Å². The third-order valence-corrected chi connectivity index (χ3v) is 8.14. The van der Waals surface area contributed by atoms with Crippen LogP contribution in [0.15, 0.2) is 52.3 Å². The number of likely N-dealkylation sites (N-methyl/N-ethyl adjacent to an activating group) is 1. The Hall–Kier alpha value is -2.01. The van der Waals surface area contributed by atoms with Gasteiger partial charge in [0.15, 0.2) is 15.0 Å². The minimum absolute atomic E-state index is 0.00567. The van der Waals surface area contributed by atoms with Crippen molar-refractivity contribution in [2.24, 2.45) is 0 Å². The van der Waals surface area contributed by atoms with Gasteiger partial charge in [0.2, 0.25) is 5.91 Å². The van der Waals surface area contributed by atoms with Crippen molar-refractivity contribution in [3.8, 4) is 0 Å². The Kier molecular flexibility index (Phi) is 7.68. The lowest BCUT2D eigenvalue weighted by Gasteiger charge is -2.22. The number of carbonyl (C=O) groups is 1. The van der Waals surface area contributed by atoms with E-state index in [4.69, 9.17) is 0 Å². The molecule has 0 unspecified atom stereocenters. The molecule has 31 heavy (non-hydrogen) atoms. The minimum Gasteiger partial charge on any atom is -0.308 e. The summed E-state index contributed by atoms with van der Waals surface area (Å²) < 4.78 is 39.2. The molecular formula is C21H24FN3O3S3. The van der Waals surface area contributed by atoms with Gasteiger partial charge < -0.3 is 4.90 Å². The number of halogens is 1. The van der Waals surface area contributed by atoms with Crippen molar-refractivity contribution in [2.45, 2.75) is 16.2 Å². The predicted molar refractivity (Wildman–Crippen MR) is 125 cm³/mol. The van der Waals surface area contributed by atoms with E-state index in [0.717, 1.165) is 27.2 Å². The van der Waals surface area contributed by atoms with Gasteiger partial charge in [0.05, 0.1) is 20.9 Å². The van der Waals surface area contributed by atoms with Crippen molar-refractivity contribution in [1.82, 2.24) is 9.88 Å². The van der Waals surface area contributed by atoms with Crippen LogP contribution < -0.4 is 4.90 Å². The summed E-state index contributed by atoms with van der Waals surface area (Å²) in [5.41, 5.74) is 0.805. The molecule has 1 aromatic heterocycles. The highest BCUT2D eigenvalue weighted by molar-refractivity contribution is 7.98. The maximum Gasteiger partial charge on any atom is 0.229 e. The third kappa shape index (κ3) is 6.03. The highest BCUT2D eigenvalue weighted by atomic mass is 32.2. The molecule has 2 aromatic carbocycles. The quantitative estimate of drug-likeness (QED) is 0.341. The van der Waals surface area contributed by atoms with Gasteiger partial charge in [-0.1, -0.05) is 11.3 Å². The molecule has 0 saturated carbocycles. The van der Waals surface area contributed by atoms with Crippen LogP contribution in [-0.4, -0.2) is 63.4 Å². The largest absolute Gasteiger partial charge is 0.308 e. The van der Waals surface area contributed by atoms with E-state index in [2.05, 4.69) is 4.98 Å². The summed E-state index contributed by atoms with van der Waals surface area (Å²) in [6.07, 6.45) is 1.82. The molecule has 0 aliphatic heterocycles. The number of carbonyl (C=O) groups excluding carboxylic acids is 1. The van der Waals surface area contributed by atoms with Crippen molar-refractivity contribution in [3.63, 3.8) is 0 Å². The molecular weight excluding hydrogens is 457 g/mol. The second-order valence-corrected chi connectivity index (χ2v) is 11.2. The normalized spacial score (nSPS) is 11.9. The molecule has 6 nitrogen and oxygen atoms in total. The van der Waals surface area contributed by atoms with Gasteiger partial charge in [0.1, 0.15) is 5.82 Å². The summed E-state index contributed by atoms with van der Waals surface area (Å²) in [7, 11) is 0.118. The Bertz CT molecular complexity index is 1160. The highest BCUT2D eigenvalue weighted by Crippen LogP contribution is 2.32. The molecule has 0 fully saturated rings. The van der Waals surface area contributed by atoms with Crippen molar-refractivity contribution >= 4 is 54.2 Å². The average molecular weight is 482 g/mol. The summed E-state index contributed by atoms with van der Waals surface area (Å²) >= 11 is 3.05. The molecule has 3 aromatic rings. The summed E-state index contributed by atoms with van der Waals surface area (Å²) in [5.74, 6) is -1.17. The Morgan fingerprint density at radius 2 is 1.84 bits per heavy atom. The fourth-order valence-corrected chi connectivity index (χ4v) is 5.67. The zero-order chi connectivity index (χ0) is 22.6. The Morgan fingerprint density at radius 3 is 2.48 bits per heavy atom. The molecule has 166 valence electrons. The number of rotatable bonds is 9. The first-order valence-electron chi connectivity index (χ1n) is 9.57. The summed E-state index contributed by atoms with van der Waals surface area (Å²) in [4.78, 5) is 22.3. The number of fused-ring (bicyclic) bond motifs is 1. The van der Waals surface area contributed by atoms with Crippen molar-refractivity contribution in [2.75, 3.05) is 44.1 Å². The number of thiazole rings is 1. The number of hydrogen-bond donors (Lipinski definition) is 0.